The molecule has 28 heavy (non-hydrogen) atoms. The number of nitrogens with zero attached hydrogens (tertiary/aromatic N) is 1. The third-order valence-corrected chi connectivity index (χ3v) is 4.96. The van der Waals surface area contributed by atoms with Crippen LogP contribution in [0.2, 0.25) is 0 Å². The molecule has 0 aliphatic rings. The number of nitrogens with one attached hydrogen (secondary N) is 2. The lowest BCUT2D eigenvalue weighted by molar-refractivity contribution is -0.385. The largest absolute Gasteiger partial charge is 0.352 e. The Bertz CT molecular complexity index is 1150. The fourth-order valence-corrected chi connectivity index (χ4v) is 3.18. The Balaban J connectivity index is 1.75. The zero-order chi connectivity index (χ0) is 20.4. The van der Waals surface area contributed by atoms with Crippen molar-refractivity contribution in [2.45, 2.75) is 27.2 Å². The van der Waals surface area contributed by atoms with E-state index >= 15 is 0 Å². The fourth-order valence-electron chi connectivity index (χ4n) is 3.18. The second kappa shape index (κ2) is 7.64. The van der Waals surface area contributed by atoms with Gasteiger partial charge in [0.05, 0.1) is 4.92 Å². The second-order valence-electron chi connectivity index (χ2n) is 6.86. The molecule has 7 nitrogen and oxygen atoms in total. The number of aromatic nitrogens is 1. The minimum atomic E-state index is -0.509. The number of benzene rings is 2. The van der Waals surface area contributed by atoms with E-state index in [0.29, 0.717) is 17.5 Å². The molecule has 3 aromatic rings. The lowest BCUT2D eigenvalue weighted by Crippen LogP contribution is -2.28. The third-order valence-electron chi connectivity index (χ3n) is 4.96. The lowest BCUT2D eigenvalue weighted by Gasteiger charge is -2.09. The summed E-state index contributed by atoms with van der Waals surface area (Å²) >= 11 is 0. The number of aryl methyl sites for hydroxylation is 2. The predicted molar refractivity (Wildman–Crippen MR) is 108 cm³/mol. The van der Waals surface area contributed by atoms with Crippen molar-refractivity contribution in [3.05, 3.63) is 84.7 Å². The normalized spacial score (nSPS) is 10.8. The van der Waals surface area contributed by atoms with Crippen LogP contribution in [0, 0.1) is 30.9 Å². The number of rotatable bonds is 5. The number of carbonyl (C=O) groups is 1. The van der Waals surface area contributed by atoms with E-state index in [1.807, 2.05) is 32.0 Å². The Kier molecular flexibility index (Phi) is 5.26. The molecule has 2 N–H and O–H groups in total. The van der Waals surface area contributed by atoms with E-state index in [1.54, 1.807) is 13.0 Å². The first kappa shape index (κ1) is 19.3. The molecule has 0 spiro atoms. The Morgan fingerprint density at radius 1 is 1.14 bits per heavy atom. The average Bonchev–Trinajstić information content (AvgIpc) is 2.63. The molecule has 1 aromatic heterocycles. The monoisotopic (exact) mass is 379 g/mol. The van der Waals surface area contributed by atoms with Crippen molar-refractivity contribution in [2.24, 2.45) is 0 Å². The van der Waals surface area contributed by atoms with E-state index in [0.717, 1.165) is 22.0 Å². The Labute approximate surface area is 161 Å². The van der Waals surface area contributed by atoms with Gasteiger partial charge in [-0.25, -0.2) is 0 Å². The van der Waals surface area contributed by atoms with Crippen molar-refractivity contribution in [3.63, 3.8) is 0 Å². The number of aromatic amines is 1. The molecule has 0 aliphatic carbocycles. The number of pyridine rings is 1. The maximum atomic E-state index is 12.4. The minimum Gasteiger partial charge on any atom is -0.352 e. The number of H-pyrrole nitrogens is 1. The van der Waals surface area contributed by atoms with E-state index in [2.05, 4.69) is 10.3 Å². The van der Waals surface area contributed by atoms with Crippen LogP contribution in [0.1, 0.15) is 32.6 Å². The van der Waals surface area contributed by atoms with Crippen molar-refractivity contribution in [2.75, 3.05) is 6.54 Å². The molecule has 1 amide bonds. The first-order chi connectivity index (χ1) is 13.3. The Morgan fingerprint density at radius 2 is 1.86 bits per heavy atom. The first-order valence-electron chi connectivity index (χ1n) is 8.93. The highest BCUT2D eigenvalue weighted by Gasteiger charge is 2.17. The predicted octanol–water partition coefficient (Wildman–Crippen LogP) is 3.33. The van der Waals surface area contributed by atoms with E-state index in [9.17, 15) is 19.7 Å². The third kappa shape index (κ3) is 3.78. The number of nitro groups is 1. The van der Waals surface area contributed by atoms with Gasteiger partial charge in [-0.15, -0.1) is 0 Å². The molecule has 0 fully saturated rings. The molecule has 1 heterocycles. The minimum absolute atomic E-state index is 0.0933. The summed E-state index contributed by atoms with van der Waals surface area (Å²) in [5, 5.41) is 14.7. The number of carbonyl (C=O) groups excluding carboxylic acids is 1. The fraction of sp³-hybridized carbons (Fsp3) is 0.238. The second-order valence-corrected chi connectivity index (χ2v) is 6.86. The highest BCUT2D eigenvalue weighted by atomic mass is 16.6. The maximum absolute atomic E-state index is 12.4. The van der Waals surface area contributed by atoms with E-state index < -0.39 is 10.8 Å². The summed E-state index contributed by atoms with van der Waals surface area (Å²) < 4.78 is 0. The lowest BCUT2D eigenvalue weighted by atomic mass is 10.0. The summed E-state index contributed by atoms with van der Waals surface area (Å²) in [7, 11) is 0. The van der Waals surface area contributed by atoms with Crippen LogP contribution in [-0.2, 0) is 6.42 Å². The summed E-state index contributed by atoms with van der Waals surface area (Å²) in [6.45, 7) is 5.80. The van der Waals surface area contributed by atoms with Crippen LogP contribution in [0.3, 0.4) is 0 Å². The molecule has 0 bridgehead atoms. The summed E-state index contributed by atoms with van der Waals surface area (Å²) in [4.78, 5) is 38.1. The van der Waals surface area contributed by atoms with Crippen LogP contribution in [0.4, 0.5) is 5.69 Å². The van der Waals surface area contributed by atoms with Crippen molar-refractivity contribution in [1.29, 1.82) is 0 Å². The number of amides is 1. The van der Waals surface area contributed by atoms with Crippen LogP contribution in [-0.4, -0.2) is 22.4 Å². The van der Waals surface area contributed by atoms with Crippen molar-refractivity contribution < 1.29 is 9.72 Å². The van der Waals surface area contributed by atoms with E-state index in [1.165, 1.54) is 12.1 Å². The van der Waals surface area contributed by atoms with Gasteiger partial charge in [0.1, 0.15) is 0 Å². The van der Waals surface area contributed by atoms with Gasteiger partial charge >= 0.3 is 0 Å². The summed E-state index contributed by atoms with van der Waals surface area (Å²) in [5.41, 5.74) is 3.91. The molecular formula is C21H21N3O4. The SMILES string of the molecule is Cc1cc2cc(CCNC(=O)c3cccc([N+](=O)[O-])c3C)c(=O)[nH]c2cc1C. The van der Waals surface area contributed by atoms with E-state index in [-0.39, 0.29) is 23.4 Å². The van der Waals surface area contributed by atoms with E-state index in [4.69, 9.17) is 0 Å². The maximum Gasteiger partial charge on any atom is 0.273 e. The molecule has 0 atom stereocenters. The average molecular weight is 379 g/mol. The van der Waals surface area contributed by atoms with Crippen molar-refractivity contribution in [3.8, 4) is 0 Å². The molecular weight excluding hydrogens is 358 g/mol. The van der Waals surface area contributed by atoms with Gasteiger partial charge in [-0.1, -0.05) is 6.07 Å². The van der Waals surface area contributed by atoms with Crippen LogP contribution in [0.15, 0.2) is 41.2 Å². The highest BCUT2D eigenvalue weighted by molar-refractivity contribution is 5.96. The zero-order valence-electron chi connectivity index (χ0n) is 16.0. The zero-order valence-corrected chi connectivity index (χ0v) is 16.0. The highest BCUT2D eigenvalue weighted by Crippen LogP contribution is 2.21. The number of hydrogen-bond acceptors (Lipinski definition) is 4. The molecule has 144 valence electrons. The smallest absolute Gasteiger partial charge is 0.273 e. The van der Waals surface area contributed by atoms with Gasteiger partial charge in [0.15, 0.2) is 0 Å². The summed E-state index contributed by atoms with van der Waals surface area (Å²) in [6.07, 6.45) is 0.359. The van der Waals surface area contributed by atoms with Gasteiger partial charge < -0.3 is 10.3 Å². The Hall–Kier alpha value is -3.48. The van der Waals surface area contributed by atoms with Crippen molar-refractivity contribution >= 4 is 22.5 Å². The van der Waals surface area contributed by atoms with Gasteiger partial charge in [0.2, 0.25) is 0 Å². The molecule has 0 unspecified atom stereocenters. The van der Waals surface area contributed by atoms with Crippen LogP contribution >= 0.6 is 0 Å². The molecule has 0 aliphatic heterocycles. The molecule has 0 saturated carbocycles. The van der Waals surface area contributed by atoms with Gasteiger partial charge in [-0.3, -0.25) is 19.7 Å². The molecule has 3 rings (SSSR count). The molecule has 0 radical (unpaired) electrons. The Morgan fingerprint density at radius 3 is 2.57 bits per heavy atom. The van der Waals surface area contributed by atoms with Crippen LogP contribution in [0.5, 0.6) is 0 Å². The van der Waals surface area contributed by atoms with Gasteiger partial charge in [-0.2, -0.15) is 0 Å². The van der Waals surface area contributed by atoms with Gasteiger partial charge in [0.25, 0.3) is 17.2 Å². The topological polar surface area (TPSA) is 105 Å². The standard InChI is InChI=1S/C21H21N3O4/c1-12-9-16-11-15(20(25)23-18(16)10-13(12)2)7-8-22-21(26)17-5-4-6-19(14(17)3)24(27)28/h4-6,9-11H,7-8H2,1-3H3,(H,22,26)(H,23,25). The molecule has 7 heteroatoms. The van der Waals surface area contributed by atoms with Crippen LogP contribution < -0.4 is 10.9 Å². The van der Waals surface area contributed by atoms with Crippen LogP contribution in [0.25, 0.3) is 10.9 Å². The molecule has 0 saturated heterocycles. The quantitative estimate of drug-likeness (QED) is 0.524. The van der Waals surface area contributed by atoms with Gasteiger partial charge in [0, 0.05) is 34.8 Å². The number of hydrogen-bond donors (Lipinski definition) is 2. The first-order valence-corrected chi connectivity index (χ1v) is 8.93. The summed E-state index contributed by atoms with van der Waals surface area (Å²) in [6, 6.07) is 10.2. The van der Waals surface area contributed by atoms with Gasteiger partial charge in [-0.05, 0) is 68.0 Å². The summed E-state index contributed by atoms with van der Waals surface area (Å²) in [5.74, 6) is -0.398. The number of nitro benzene ring substituents is 1. The van der Waals surface area contributed by atoms with Crippen molar-refractivity contribution in [1.82, 2.24) is 10.3 Å². The number of fused-ring (bicyclic) bond motifs is 1. The molecule has 2 aromatic carbocycles.